The van der Waals surface area contributed by atoms with Gasteiger partial charge in [0.1, 0.15) is 11.3 Å². The average Bonchev–Trinajstić information content (AvgIpc) is 2.95. The third-order valence-electron chi connectivity index (χ3n) is 3.59. The van der Waals surface area contributed by atoms with Gasteiger partial charge in [0.15, 0.2) is 0 Å². The number of rotatable bonds is 2. The molecule has 0 spiro atoms. The molecule has 7 heteroatoms. The number of carboxylic acids is 1. The maximum atomic E-state index is 13.6. The quantitative estimate of drug-likeness (QED) is 0.901. The molecule has 1 aliphatic rings. The van der Waals surface area contributed by atoms with E-state index in [0.29, 0.717) is 24.0 Å². The Morgan fingerprint density at radius 1 is 1.29 bits per heavy atom. The van der Waals surface area contributed by atoms with Crippen molar-refractivity contribution < 1.29 is 19.1 Å². The predicted molar refractivity (Wildman–Crippen MR) is 71.1 cm³/mol. The van der Waals surface area contributed by atoms with Crippen LogP contribution in [0.3, 0.4) is 0 Å². The summed E-state index contributed by atoms with van der Waals surface area (Å²) in [5.74, 6) is -2.47. The molecule has 1 atom stereocenters. The molecular weight excluding hydrogens is 277 g/mol. The van der Waals surface area contributed by atoms with Crippen molar-refractivity contribution in [2.75, 3.05) is 13.1 Å². The summed E-state index contributed by atoms with van der Waals surface area (Å²) in [6.07, 6.45) is 3.26. The maximum absolute atomic E-state index is 13.6. The van der Waals surface area contributed by atoms with Crippen molar-refractivity contribution in [3.63, 3.8) is 0 Å². The van der Waals surface area contributed by atoms with Crippen LogP contribution in [0.25, 0.3) is 11.0 Å². The first-order chi connectivity index (χ1) is 10.1. The smallest absolute Gasteiger partial charge is 0.308 e. The minimum absolute atomic E-state index is 0.115. The zero-order valence-corrected chi connectivity index (χ0v) is 11.0. The Hall–Kier alpha value is -2.57. The molecule has 1 fully saturated rings. The van der Waals surface area contributed by atoms with Crippen molar-refractivity contribution in [2.45, 2.75) is 6.42 Å². The van der Waals surface area contributed by atoms with Crippen LogP contribution in [-0.4, -0.2) is 44.9 Å². The van der Waals surface area contributed by atoms with Gasteiger partial charge < -0.3 is 10.0 Å². The first-order valence-electron chi connectivity index (χ1n) is 6.48. The predicted octanol–water partition coefficient (Wildman–Crippen LogP) is 1.32. The van der Waals surface area contributed by atoms with Crippen LogP contribution in [0.5, 0.6) is 0 Å². The lowest BCUT2D eigenvalue weighted by molar-refractivity contribution is -0.141. The van der Waals surface area contributed by atoms with Crippen molar-refractivity contribution in [1.29, 1.82) is 0 Å². The Morgan fingerprint density at radius 2 is 2.05 bits per heavy atom. The molecule has 2 aromatic rings. The van der Waals surface area contributed by atoms with Gasteiger partial charge in [-0.1, -0.05) is 0 Å². The Kier molecular flexibility index (Phi) is 3.25. The highest BCUT2D eigenvalue weighted by Crippen LogP contribution is 2.23. The van der Waals surface area contributed by atoms with Gasteiger partial charge in [-0.3, -0.25) is 19.6 Å². The fraction of sp³-hybridized carbons (Fsp3) is 0.286. The summed E-state index contributed by atoms with van der Waals surface area (Å²) in [6.45, 7) is 0.473. The molecule has 1 amide bonds. The Morgan fingerprint density at radius 3 is 2.76 bits per heavy atom. The van der Waals surface area contributed by atoms with Crippen molar-refractivity contribution >= 4 is 22.9 Å². The summed E-state index contributed by atoms with van der Waals surface area (Å²) in [6, 6.07) is 2.33. The first-order valence-corrected chi connectivity index (χ1v) is 6.48. The van der Waals surface area contributed by atoms with Gasteiger partial charge in [0.05, 0.1) is 17.0 Å². The van der Waals surface area contributed by atoms with E-state index in [4.69, 9.17) is 5.11 Å². The zero-order valence-electron chi connectivity index (χ0n) is 11.0. The summed E-state index contributed by atoms with van der Waals surface area (Å²) < 4.78 is 13.6. The molecule has 6 nitrogen and oxygen atoms in total. The number of hydrogen-bond donors (Lipinski definition) is 1. The molecule has 1 saturated heterocycles. The molecule has 21 heavy (non-hydrogen) atoms. The van der Waals surface area contributed by atoms with Crippen LogP contribution in [0.2, 0.25) is 0 Å². The van der Waals surface area contributed by atoms with E-state index in [2.05, 4.69) is 9.97 Å². The highest BCUT2D eigenvalue weighted by atomic mass is 19.1. The fourth-order valence-corrected chi connectivity index (χ4v) is 2.52. The van der Waals surface area contributed by atoms with Gasteiger partial charge in [-0.05, 0) is 12.5 Å². The number of carbonyl (C=O) groups is 2. The van der Waals surface area contributed by atoms with Gasteiger partial charge in [-0.15, -0.1) is 0 Å². The first kappa shape index (κ1) is 13.4. The Balaban J connectivity index is 1.97. The molecule has 0 radical (unpaired) electrons. The molecule has 1 aromatic carbocycles. The monoisotopic (exact) mass is 289 g/mol. The molecule has 1 aromatic heterocycles. The lowest BCUT2D eigenvalue weighted by Gasteiger charge is -2.16. The largest absolute Gasteiger partial charge is 0.481 e. The third kappa shape index (κ3) is 2.42. The number of carbonyl (C=O) groups excluding carboxylic acids is 1. The van der Waals surface area contributed by atoms with E-state index >= 15 is 0 Å². The molecule has 1 unspecified atom stereocenters. The van der Waals surface area contributed by atoms with Gasteiger partial charge in [-0.25, -0.2) is 4.39 Å². The molecular formula is C14H12FN3O3. The summed E-state index contributed by atoms with van der Waals surface area (Å²) in [5.41, 5.74) is 0.738. The molecule has 0 aliphatic carbocycles. The van der Waals surface area contributed by atoms with E-state index in [1.807, 2.05) is 0 Å². The van der Waals surface area contributed by atoms with Crippen molar-refractivity contribution in [1.82, 2.24) is 14.9 Å². The number of amides is 1. The van der Waals surface area contributed by atoms with Crippen LogP contribution < -0.4 is 0 Å². The van der Waals surface area contributed by atoms with Crippen molar-refractivity contribution in [2.24, 2.45) is 5.92 Å². The number of benzene rings is 1. The molecule has 108 valence electrons. The van der Waals surface area contributed by atoms with Crippen molar-refractivity contribution in [3.8, 4) is 0 Å². The van der Waals surface area contributed by atoms with Crippen molar-refractivity contribution in [3.05, 3.63) is 35.9 Å². The lowest BCUT2D eigenvalue weighted by Crippen LogP contribution is -2.30. The van der Waals surface area contributed by atoms with Gasteiger partial charge in [0.25, 0.3) is 5.91 Å². The van der Waals surface area contributed by atoms with Crippen LogP contribution in [0.4, 0.5) is 4.39 Å². The number of likely N-dealkylation sites (tertiary alicyclic amines) is 1. The molecule has 0 saturated carbocycles. The Labute approximate surface area is 119 Å². The normalized spacial score (nSPS) is 18.1. The third-order valence-corrected chi connectivity index (χ3v) is 3.59. The summed E-state index contributed by atoms with van der Waals surface area (Å²) in [5, 5.41) is 8.98. The van der Waals surface area contributed by atoms with E-state index in [-0.39, 0.29) is 12.1 Å². The van der Waals surface area contributed by atoms with E-state index in [0.717, 1.165) is 6.07 Å². The summed E-state index contributed by atoms with van der Waals surface area (Å²) in [7, 11) is 0. The number of fused-ring (bicyclic) bond motifs is 1. The zero-order chi connectivity index (χ0) is 15.0. The van der Waals surface area contributed by atoms with E-state index in [1.54, 1.807) is 0 Å². The second kappa shape index (κ2) is 5.08. The number of halogens is 1. The maximum Gasteiger partial charge on any atom is 0.308 e. The highest BCUT2D eigenvalue weighted by molar-refractivity contribution is 6.04. The highest BCUT2D eigenvalue weighted by Gasteiger charge is 2.32. The van der Waals surface area contributed by atoms with E-state index in [9.17, 15) is 14.0 Å². The van der Waals surface area contributed by atoms with E-state index in [1.165, 1.54) is 23.4 Å². The van der Waals surface area contributed by atoms with Gasteiger partial charge >= 0.3 is 5.97 Å². The second-order valence-corrected chi connectivity index (χ2v) is 4.95. The van der Waals surface area contributed by atoms with Crippen LogP contribution >= 0.6 is 0 Å². The van der Waals surface area contributed by atoms with Crippen LogP contribution in [0.15, 0.2) is 24.5 Å². The second-order valence-electron chi connectivity index (χ2n) is 4.95. The van der Waals surface area contributed by atoms with Crippen LogP contribution in [0, 0.1) is 11.7 Å². The average molecular weight is 289 g/mol. The van der Waals surface area contributed by atoms with Gasteiger partial charge in [0.2, 0.25) is 0 Å². The Bertz CT molecular complexity index is 734. The SMILES string of the molecule is O=C(O)C1CCN(C(=O)c2cc(F)cc3nccnc23)C1. The lowest BCUT2D eigenvalue weighted by atomic mass is 10.1. The number of aromatic nitrogens is 2. The van der Waals surface area contributed by atoms with Gasteiger partial charge in [-0.2, -0.15) is 0 Å². The number of nitrogens with zero attached hydrogens (tertiary/aromatic N) is 3. The molecule has 0 bridgehead atoms. The van der Waals surface area contributed by atoms with Crippen LogP contribution in [0.1, 0.15) is 16.8 Å². The molecule has 1 aliphatic heterocycles. The standard InChI is InChI=1S/C14H12FN3O3/c15-9-5-10(12-11(6-9)16-2-3-17-12)13(19)18-4-1-8(7-18)14(20)21/h2-3,5-6,8H,1,4,7H2,(H,20,21). The fourth-order valence-electron chi connectivity index (χ4n) is 2.52. The minimum atomic E-state index is -0.922. The number of carboxylic acid groups (broad SMARTS) is 1. The topological polar surface area (TPSA) is 83.4 Å². The van der Waals surface area contributed by atoms with Crippen LogP contribution in [-0.2, 0) is 4.79 Å². The number of hydrogen-bond acceptors (Lipinski definition) is 4. The summed E-state index contributed by atoms with van der Waals surface area (Å²) >= 11 is 0. The molecule has 3 rings (SSSR count). The minimum Gasteiger partial charge on any atom is -0.481 e. The molecule has 1 N–H and O–H groups in total. The number of aliphatic carboxylic acids is 1. The molecule has 2 heterocycles. The van der Waals surface area contributed by atoms with E-state index < -0.39 is 23.6 Å². The van der Waals surface area contributed by atoms with Gasteiger partial charge in [0, 0.05) is 31.5 Å². The summed E-state index contributed by atoms with van der Waals surface area (Å²) in [4.78, 5) is 32.9.